The summed E-state index contributed by atoms with van der Waals surface area (Å²) in [5.74, 6) is 0.807. The molecule has 1 saturated carbocycles. The molecule has 1 atom stereocenters. The summed E-state index contributed by atoms with van der Waals surface area (Å²) >= 11 is 3.62. The lowest BCUT2D eigenvalue weighted by Gasteiger charge is -2.20. The highest BCUT2D eigenvalue weighted by Gasteiger charge is 2.24. The maximum absolute atomic E-state index is 6.09. The monoisotopic (exact) mass is 311 g/mol. The van der Waals surface area contributed by atoms with Gasteiger partial charge in [0, 0.05) is 11.0 Å². The van der Waals surface area contributed by atoms with Gasteiger partial charge in [0.2, 0.25) is 0 Å². The molecule has 0 heterocycles. The smallest absolute Gasteiger partial charge is 0.0960 e. The van der Waals surface area contributed by atoms with Gasteiger partial charge in [-0.25, -0.2) is 0 Å². The Morgan fingerprint density at radius 2 is 2.17 bits per heavy atom. The number of hydrogen-bond donors (Lipinski definition) is 1. The molecule has 2 nitrogen and oxygen atoms in total. The van der Waals surface area contributed by atoms with Gasteiger partial charge in [-0.3, -0.25) is 0 Å². The van der Waals surface area contributed by atoms with Crippen LogP contribution in [0, 0.1) is 5.92 Å². The normalized spacial score (nSPS) is 16.8. The van der Waals surface area contributed by atoms with Crippen LogP contribution in [0.25, 0.3) is 0 Å². The van der Waals surface area contributed by atoms with Crippen LogP contribution < -0.4 is 5.32 Å². The zero-order chi connectivity index (χ0) is 12.8. The largest absolute Gasteiger partial charge is 0.372 e. The predicted molar refractivity (Wildman–Crippen MR) is 78.7 cm³/mol. The van der Waals surface area contributed by atoms with E-state index < -0.39 is 0 Å². The summed E-state index contributed by atoms with van der Waals surface area (Å²) in [6.45, 7) is 5.03. The average molecular weight is 312 g/mol. The maximum Gasteiger partial charge on any atom is 0.0960 e. The van der Waals surface area contributed by atoms with E-state index in [-0.39, 0.29) is 6.10 Å². The Kier molecular flexibility index (Phi) is 5.67. The van der Waals surface area contributed by atoms with Gasteiger partial charge in [-0.1, -0.05) is 41.1 Å². The van der Waals surface area contributed by atoms with Crippen molar-refractivity contribution >= 4 is 15.9 Å². The average Bonchev–Trinajstić information content (AvgIpc) is 3.19. The van der Waals surface area contributed by atoms with Crippen molar-refractivity contribution in [3.05, 3.63) is 34.3 Å². The molecule has 3 heteroatoms. The van der Waals surface area contributed by atoms with E-state index in [0.29, 0.717) is 0 Å². The van der Waals surface area contributed by atoms with Crippen molar-refractivity contribution in [2.75, 3.05) is 19.7 Å². The van der Waals surface area contributed by atoms with E-state index in [1.165, 1.54) is 18.4 Å². The molecule has 18 heavy (non-hydrogen) atoms. The third-order valence-corrected chi connectivity index (χ3v) is 3.96. The van der Waals surface area contributed by atoms with Gasteiger partial charge in [0.1, 0.15) is 0 Å². The third kappa shape index (κ3) is 4.38. The van der Waals surface area contributed by atoms with E-state index in [1.54, 1.807) is 0 Å². The first-order valence-corrected chi connectivity index (χ1v) is 7.67. The van der Waals surface area contributed by atoms with Crippen LogP contribution in [0.3, 0.4) is 0 Å². The lowest BCUT2D eigenvalue weighted by Crippen LogP contribution is -2.25. The van der Waals surface area contributed by atoms with E-state index in [0.717, 1.165) is 36.5 Å². The SMILES string of the molecule is CCCNCC(OCC1CC1)c1ccccc1Br. The molecule has 1 aromatic rings. The van der Waals surface area contributed by atoms with Crippen LogP contribution in [-0.4, -0.2) is 19.7 Å². The molecule has 0 saturated heterocycles. The molecular formula is C15H22BrNO. The minimum absolute atomic E-state index is 0.160. The fraction of sp³-hybridized carbons (Fsp3) is 0.600. The molecule has 0 spiro atoms. The second-order valence-electron chi connectivity index (χ2n) is 4.99. The highest BCUT2D eigenvalue weighted by atomic mass is 79.9. The molecule has 1 unspecified atom stereocenters. The van der Waals surface area contributed by atoms with E-state index >= 15 is 0 Å². The summed E-state index contributed by atoms with van der Waals surface area (Å²) in [5, 5.41) is 3.46. The van der Waals surface area contributed by atoms with Gasteiger partial charge in [0.05, 0.1) is 12.7 Å². The van der Waals surface area contributed by atoms with E-state index in [2.05, 4.69) is 46.4 Å². The van der Waals surface area contributed by atoms with Crippen LogP contribution in [0.4, 0.5) is 0 Å². The first-order chi connectivity index (χ1) is 8.81. The summed E-state index contributed by atoms with van der Waals surface area (Å²) < 4.78 is 7.23. The Hall–Kier alpha value is -0.380. The summed E-state index contributed by atoms with van der Waals surface area (Å²) in [7, 11) is 0. The maximum atomic E-state index is 6.09. The zero-order valence-corrected chi connectivity index (χ0v) is 12.6. The molecule has 1 N–H and O–H groups in total. The number of benzene rings is 1. The number of halogens is 1. The quantitative estimate of drug-likeness (QED) is 0.735. The molecule has 0 bridgehead atoms. The topological polar surface area (TPSA) is 21.3 Å². The molecule has 0 aromatic heterocycles. The Bertz CT molecular complexity index is 365. The minimum Gasteiger partial charge on any atom is -0.372 e. The van der Waals surface area contributed by atoms with Gasteiger partial charge in [-0.05, 0) is 43.4 Å². The van der Waals surface area contributed by atoms with Gasteiger partial charge in [0.25, 0.3) is 0 Å². The Balaban J connectivity index is 1.95. The van der Waals surface area contributed by atoms with E-state index in [4.69, 9.17) is 4.74 Å². The van der Waals surface area contributed by atoms with Gasteiger partial charge in [0.15, 0.2) is 0 Å². The van der Waals surface area contributed by atoms with Crippen molar-refractivity contribution in [2.24, 2.45) is 5.92 Å². The Morgan fingerprint density at radius 3 is 2.83 bits per heavy atom. The van der Waals surface area contributed by atoms with Crippen molar-refractivity contribution in [3.63, 3.8) is 0 Å². The van der Waals surface area contributed by atoms with Gasteiger partial charge >= 0.3 is 0 Å². The lowest BCUT2D eigenvalue weighted by atomic mass is 10.1. The van der Waals surface area contributed by atoms with Crippen molar-refractivity contribution in [2.45, 2.75) is 32.3 Å². The zero-order valence-electron chi connectivity index (χ0n) is 11.0. The molecular weight excluding hydrogens is 290 g/mol. The van der Waals surface area contributed by atoms with Crippen molar-refractivity contribution < 1.29 is 4.74 Å². The van der Waals surface area contributed by atoms with Crippen LogP contribution in [-0.2, 0) is 4.74 Å². The highest BCUT2D eigenvalue weighted by Crippen LogP contribution is 2.32. The molecule has 1 aliphatic rings. The fourth-order valence-corrected chi connectivity index (χ4v) is 2.48. The fourth-order valence-electron chi connectivity index (χ4n) is 1.94. The molecule has 2 rings (SSSR count). The van der Waals surface area contributed by atoms with Crippen molar-refractivity contribution in [3.8, 4) is 0 Å². The Labute approximate surface area is 118 Å². The Morgan fingerprint density at radius 1 is 1.39 bits per heavy atom. The van der Waals surface area contributed by atoms with Gasteiger partial charge in [-0.2, -0.15) is 0 Å². The molecule has 0 aliphatic heterocycles. The number of ether oxygens (including phenoxy) is 1. The third-order valence-electron chi connectivity index (χ3n) is 3.24. The molecule has 0 amide bonds. The first kappa shape index (κ1) is 14.0. The van der Waals surface area contributed by atoms with E-state index in [1.807, 2.05) is 6.07 Å². The summed E-state index contributed by atoms with van der Waals surface area (Å²) in [5.41, 5.74) is 1.25. The summed E-state index contributed by atoms with van der Waals surface area (Å²) in [6.07, 6.45) is 3.99. The second kappa shape index (κ2) is 7.27. The number of hydrogen-bond acceptors (Lipinski definition) is 2. The van der Waals surface area contributed by atoms with Crippen LogP contribution in [0.15, 0.2) is 28.7 Å². The van der Waals surface area contributed by atoms with Gasteiger partial charge < -0.3 is 10.1 Å². The molecule has 1 aliphatic carbocycles. The molecule has 1 aromatic carbocycles. The molecule has 1 fully saturated rings. The minimum atomic E-state index is 0.160. The van der Waals surface area contributed by atoms with Crippen LogP contribution in [0.5, 0.6) is 0 Å². The first-order valence-electron chi connectivity index (χ1n) is 6.88. The number of nitrogens with one attached hydrogen (secondary N) is 1. The van der Waals surface area contributed by atoms with Crippen molar-refractivity contribution in [1.29, 1.82) is 0 Å². The van der Waals surface area contributed by atoms with Crippen molar-refractivity contribution in [1.82, 2.24) is 5.32 Å². The van der Waals surface area contributed by atoms with E-state index in [9.17, 15) is 0 Å². The highest BCUT2D eigenvalue weighted by molar-refractivity contribution is 9.10. The molecule has 100 valence electrons. The van der Waals surface area contributed by atoms with Gasteiger partial charge in [-0.15, -0.1) is 0 Å². The standard InChI is InChI=1S/C15H22BrNO/c1-2-9-17-10-15(18-11-12-7-8-12)13-5-3-4-6-14(13)16/h3-6,12,15,17H,2,7-11H2,1H3. The lowest BCUT2D eigenvalue weighted by molar-refractivity contribution is 0.0449. The molecule has 0 radical (unpaired) electrons. The van der Waals surface area contributed by atoms with Crippen LogP contribution >= 0.6 is 15.9 Å². The number of rotatable bonds is 8. The predicted octanol–water partition coefficient (Wildman–Crippen LogP) is 3.92. The summed E-state index contributed by atoms with van der Waals surface area (Å²) in [6, 6.07) is 8.36. The summed E-state index contributed by atoms with van der Waals surface area (Å²) in [4.78, 5) is 0. The second-order valence-corrected chi connectivity index (χ2v) is 5.85. The van der Waals surface area contributed by atoms with Crippen LogP contribution in [0.2, 0.25) is 0 Å². The van der Waals surface area contributed by atoms with Crippen LogP contribution in [0.1, 0.15) is 37.9 Å².